The zero-order valence-electron chi connectivity index (χ0n) is 26.4. The van der Waals surface area contributed by atoms with Crippen molar-refractivity contribution in [2.75, 3.05) is 0 Å². The average molecular weight is 546 g/mol. The van der Waals surface area contributed by atoms with E-state index in [1.807, 2.05) is 58.9 Å². The predicted molar refractivity (Wildman–Crippen MR) is 159 cm³/mol. The van der Waals surface area contributed by atoms with Gasteiger partial charge in [0.1, 0.15) is 17.7 Å². The Morgan fingerprint density at radius 1 is 0.923 bits per heavy atom. The molecular formula is C32H55N3O4. The molecule has 7 heteroatoms. The minimum absolute atomic E-state index is 0.0240. The quantitative estimate of drug-likeness (QED) is 0.265. The number of hydrogen-bond acceptors (Lipinski definition) is 4. The lowest BCUT2D eigenvalue weighted by molar-refractivity contribution is -0.145. The first kappa shape index (κ1) is 34.5. The molecule has 0 saturated carbocycles. The second-order valence-corrected chi connectivity index (χ2v) is 12.9. The first-order chi connectivity index (χ1) is 18.0. The van der Waals surface area contributed by atoms with Gasteiger partial charge in [0.05, 0.1) is 0 Å². The molecule has 0 aromatic heterocycles. The maximum atomic E-state index is 14.5. The number of nitrogens with one attached hydrogen (secondary N) is 2. The summed E-state index contributed by atoms with van der Waals surface area (Å²) in [6.07, 6.45) is 3.24. The highest BCUT2D eigenvalue weighted by Gasteiger charge is 2.39. The Labute approximate surface area is 237 Å². The molecule has 0 aliphatic rings. The van der Waals surface area contributed by atoms with Gasteiger partial charge in [0.15, 0.2) is 0 Å². The van der Waals surface area contributed by atoms with Gasteiger partial charge in [0.25, 0.3) is 0 Å². The Morgan fingerprint density at radius 3 is 2.08 bits per heavy atom. The fourth-order valence-corrected chi connectivity index (χ4v) is 4.74. The van der Waals surface area contributed by atoms with E-state index in [-0.39, 0.29) is 29.8 Å². The summed E-state index contributed by atoms with van der Waals surface area (Å²) in [5, 5.41) is 6.00. The normalized spacial score (nSPS) is 14.9. The summed E-state index contributed by atoms with van der Waals surface area (Å²) >= 11 is 0. The SMILES string of the molecule is CCCC(C)NC(=O)C(c1cccc(C)c1)N(C(=O)C(CC(C)C)NC(=O)OC(C)(C)C)C(C)CCC(C)C. The van der Waals surface area contributed by atoms with Crippen molar-refractivity contribution in [3.05, 3.63) is 35.4 Å². The third-order valence-corrected chi connectivity index (χ3v) is 6.58. The molecule has 222 valence electrons. The summed E-state index contributed by atoms with van der Waals surface area (Å²) in [5.74, 6) is 0.117. The molecule has 4 unspecified atom stereocenters. The first-order valence-electron chi connectivity index (χ1n) is 14.7. The number of rotatable bonds is 14. The van der Waals surface area contributed by atoms with Gasteiger partial charge in [-0.3, -0.25) is 9.59 Å². The Hall–Kier alpha value is -2.57. The standard InChI is InChI=1S/C32H55N3O4/c1-12-14-24(7)33-29(36)28(26-16-13-15-23(6)20-26)35(25(8)18-17-21(2)3)30(37)27(19-22(4)5)34-31(38)39-32(9,10)11/h13,15-16,20-22,24-25,27-28H,12,14,17-19H2,1-11H3,(H,33,36)(H,34,38). The molecule has 1 aromatic carbocycles. The van der Waals surface area contributed by atoms with E-state index in [1.54, 1.807) is 25.7 Å². The van der Waals surface area contributed by atoms with Gasteiger partial charge in [0.2, 0.25) is 11.8 Å². The summed E-state index contributed by atoms with van der Waals surface area (Å²) < 4.78 is 5.51. The molecule has 2 N–H and O–H groups in total. The summed E-state index contributed by atoms with van der Waals surface area (Å²) in [7, 11) is 0. The third-order valence-electron chi connectivity index (χ3n) is 6.58. The van der Waals surface area contributed by atoms with Crippen molar-refractivity contribution in [3.8, 4) is 0 Å². The highest BCUT2D eigenvalue weighted by Crippen LogP contribution is 2.29. The number of carbonyl (C=O) groups is 3. The summed E-state index contributed by atoms with van der Waals surface area (Å²) in [5.41, 5.74) is 1.08. The van der Waals surface area contributed by atoms with Gasteiger partial charge in [-0.15, -0.1) is 0 Å². The van der Waals surface area contributed by atoms with Crippen molar-refractivity contribution >= 4 is 17.9 Å². The molecular weight excluding hydrogens is 490 g/mol. The highest BCUT2D eigenvalue weighted by molar-refractivity contribution is 5.92. The van der Waals surface area contributed by atoms with Crippen LogP contribution < -0.4 is 10.6 Å². The van der Waals surface area contributed by atoms with Crippen LogP contribution in [0.1, 0.15) is 119 Å². The molecule has 7 nitrogen and oxygen atoms in total. The smallest absolute Gasteiger partial charge is 0.408 e. The van der Waals surface area contributed by atoms with E-state index in [4.69, 9.17) is 4.74 Å². The maximum absolute atomic E-state index is 14.5. The van der Waals surface area contributed by atoms with Crippen LogP contribution in [0.25, 0.3) is 0 Å². The van der Waals surface area contributed by atoms with E-state index in [0.717, 1.165) is 36.8 Å². The second-order valence-electron chi connectivity index (χ2n) is 12.9. The number of hydrogen-bond donors (Lipinski definition) is 2. The van der Waals surface area contributed by atoms with Gasteiger partial charge < -0.3 is 20.3 Å². The molecule has 0 aliphatic carbocycles. The zero-order chi connectivity index (χ0) is 29.9. The Kier molecular flexibility index (Phi) is 14.0. The molecule has 0 saturated heterocycles. The number of alkyl carbamates (subject to hydrolysis) is 1. The van der Waals surface area contributed by atoms with E-state index in [1.165, 1.54) is 0 Å². The number of aryl methyl sites for hydroxylation is 1. The van der Waals surface area contributed by atoms with Crippen molar-refractivity contribution in [3.63, 3.8) is 0 Å². The molecule has 1 aromatic rings. The molecule has 4 atom stereocenters. The monoisotopic (exact) mass is 545 g/mol. The van der Waals surface area contributed by atoms with Crippen LogP contribution in [0.2, 0.25) is 0 Å². The molecule has 3 amide bonds. The number of benzene rings is 1. The van der Waals surface area contributed by atoms with E-state index in [9.17, 15) is 14.4 Å². The van der Waals surface area contributed by atoms with Gasteiger partial charge in [-0.05, 0) is 84.6 Å². The van der Waals surface area contributed by atoms with Crippen molar-refractivity contribution in [1.29, 1.82) is 0 Å². The van der Waals surface area contributed by atoms with Crippen LogP contribution in [0.5, 0.6) is 0 Å². The van der Waals surface area contributed by atoms with Gasteiger partial charge in [0, 0.05) is 12.1 Å². The molecule has 0 fully saturated rings. The van der Waals surface area contributed by atoms with E-state index < -0.39 is 23.8 Å². The molecule has 0 bridgehead atoms. The van der Waals surface area contributed by atoms with Gasteiger partial charge in [-0.1, -0.05) is 70.9 Å². The van der Waals surface area contributed by atoms with Gasteiger partial charge >= 0.3 is 6.09 Å². The Balaban J connectivity index is 3.63. The van der Waals surface area contributed by atoms with E-state index in [0.29, 0.717) is 12.3 Å². The number of nitrogens with zero attached hydrogens (tertiary/aromatic N) is 1. The van der Waals surface area contributed by atoms with Crippen molar-refractivity contribution in [1.82, 2.24) is 15.5 Å². The number of carbonyl (C=O) groups excluding carboxylic acids is 3. The zero-order valence-corrected chi connectivity index (χ0v) is 26.4. The highest BCUT2D eigenvalue weighted by atomic mass is 16.6. The van der Waals surface area contributed by atoms with Crippen LogP contribution in [0, 0.1) is 18.8 Å². The fourth-order valence-electron chi connectivity index (χ4n) is 4.74. The fraction of sp³-hybridized carbons (Fsp3) is 0.719. The summed E-state index contributed by atoms with van der Waals surface area (Å²) in [4.78, 5) is 43.0. The first-order valence-corrected chi connectivity index (χ1v) is 14.7. The topological polar surface area (TPSA) is 87.7 Å². The molecule has 1 rings (SSSR count). The lowest BCUT2D eigenvalue weighted by atomic mass is 9.94. The second kappa shape index (κ2) is 15.9. The van der Waals surface area contributed by atoms with Crippen LogP contribution in [-0.4, -0.2) is 46.5 Å². The van der Waals surface area contributed by atoms with Gasteiger partial charge in [-0.25, -0.2) is 4.79 Å². The van der Waals surface area contributed by atoms with Crippen LogP contribution >= 0.6 is 0 Å². The lowest BCUT2D eigenvalue weighted by Gasteiger charge is -2.39. The Morgan fingerprint density at radius 2 is 1.56 bits per heavy atom. The van der Waals surface area contributed by atoms with Gasteiger partial charge in [-0.2, -0.15) is 0 Å². The minimum atomic E-state index is -0.825. The largest absolute Gasteiger partial charge is 0.444 e. The molecule has 0 aliphatic heterocycles. The number of ether oxygens (including phenoxy) is 1. The lowest BCUT2D eigenvalue weighted by Crippen LogP contribution is -2.56. The predicted octanol–water partition coefficient (Wildman–Crippen LogP) is 6.93. The van der Waals surface area contributed by atoms with Crippen LogP contribution in [-0.2, 0) is 14.3 Å². The van der Waals surface area contributed by atoms with Crippen molar-refractivity contribution in [2.45, 2.75) is 138 Å². The van der Waals surface area contributed by atoms with E-state index >= 15 is 0 Å². The molecule has 0 radical (unpaired) electrons. The van der Waals surface area contributed by atoms with Crippen molar-refractivity contribution < 1.29 is 19.1 Å². The minimum Gasteiger partial charge on any atom is -0.444 e. The molecule has 39 heavy (non-hydrogen) atoms. The summed E-state index contributed by atoms with van der Waals surface area (Å²) in [6.45, 7) is 21.8. The summed E-state index contributed by atoms with van der Waals surface area (Å²) in [6, 6.07) is 5.89. The molecule has 0 heterocycles. The average Bonchev–Trinajstić information content (AvgIpc) is 2.78. The van der Waals surface area contributed by atoms with E-state index in [2.05, 4.69) is 31.4 Å². The Bertz CT molecular complexity index is 922. The van der Waals surface area contributed by atoms with Crippen LogP contribution in [0.15, 0.2) is 24.3 Å². The van der Waals surface area contributed by atoms with Crippen LogP contribution in [0.3, 0.4) is 0 Å². The third kappa shape index (κ3) is 12.4. The maximum Gasteiger partial charge on any atom is 0.408 e. The van der Waals surface area contributed by atoms with Crippen LogP contribution in [0.4, 0.5) is 4.79 Å². The number of amides is 3. The molecule has 0 spiro atoms. The van der Waals surface area contributed by atoms with Crippen molar-refractivity contribution in [2.24, 2.45) is 11.8 Å².